The number of benzene rings is 2. The van der Waals surface area contributed by atoms with Gasteiger partial charge < -0.3 is 14.8 Å². The number of hydrogen-bond donors (Lipinski definition) is 1. The lowest BCUT2D eigenvalue weighted by Crippen LogP contribution is -2.28. The zero-order valence-electron chi connectivity index (χ0n) is 18.1. The molecule has 0 aliphatic rings. The van der Waals surface area contributed by atoms with E-state index in [-0.39, 0.29) is 28.6 Å². The molecular weight excluding hydrogens is 455 g/mol. The number of ether oxygens (including phenoxy) is 2. The molecule has 3 aromatic rings. The second-order valence-corrected chi connectivity index (χ2v) is 7.92. The molecule has 1 amide bonds. The molecule has 2 aromatic carbocycles. The topological polar surface area (TPSA) is 73.3 Å². The summed E-state index contributed by atoms with van der Waals surface area (Å²) in [5, 5.41) is 2.66. The van der Waals surface area contributed by atoms with Crippen LogP contribution in [0, 0.1) is 0 Å². The Morgan fingerprint density at radius 1 is 1.03 bits per heavy atom. The van der Waals surface area contributed by atoms with Crippen molar-refractivity contribution in [3.8, 4) is 22.8 Å². The zero-order chi connectivity index (χ0) is 24.0. The molecule has 0 radical (unpaired) electrons. The van der Waals surface area contributed by atoms with Gasteiger partial charge in [-0.1, -0.05) is 42.1 Å². The molecule has 10 heteroatoms. The van der Waals surface area contributed by atoms with E-state index in [1.54, 1.807) is 12.1 Å². The monoisotopic (exact) mass is 477 g/mol. The van der Waals surface area contributed by atoms with Crippen LogP contribution in [0.3, 0.4) is 0 Å². The van der Waals surface area contributed by atoms with Gasteiger partial charge >= 0.3 is 6.18 Å². The standard InChI is InChI=1S/C23H22F3N3O3S/c1-14(15-7-5-4-6-8-15)27-21(30)13-33-22-28-17(12-20(29-22)23(24,25)26)16-9-10-18(31-2)19(11-16)32-3/h4-12,14H,13H2,1-3H3,(H,27,30)/t14-/m0/s1. The molecule has 0 bridgehead atoms. The van der Waals surface area contributed by atoms with E-state index in [4.69, 9.17) is 9.47 Å². The molecule has 6 nitrogen and oxygen atoms in total. The van der Waals surface area contributed by atoms with E-state index in [2.05, 4.69) is 15.3 Å². The van der Waals surface area contributed by atoms with Gasteiger partial charge in [-0.2, -0.15) is 13.2 Å². The number of alkyl halides is 3. The van der Waals surface area contributed by atoms with Gasteiger partial charge in [-0.05, 0) is 36.8 Å². The molecule has 0 spiro atoms. The third-order valence-corrected chi connectivity index (χ3v) is 5.53. The average molecular weight is 478 g/mol. The predicted octanol–water partition coefficient (Wildman–Crippen LogP) is 5.15. The number of amides is 1. The molecule has 0 unspecified atom stereocenters. The zero-order valence-corrected chi connectivity index (χ0v) is 19.0. The first-order valence-corrected chi connectivity index (χ1v) is 10.9. The van der Waals surface area contributed by atoms with Gasteiger partial charge in [0.2, 0.25) is 5.91 Å². The van der Waals surface area contributed by atoms with Crippen molar-refractivity contribution in [3.63, 3.8) is 0 Å². The van der Waals surface area contributed by atoms with Crippen LogP contribution in [-0.4, -0.2) is 35.8 Å². The highest BCUT2D eigenvalue weighted by Crippen LogP contribution is 2.35. The van der Waals surface area contributed by atoms with Gasteiger partial charge in [0, 0.05) is 5.56 Å². The fourth-order valence-electron chi connectivity index (χ4n) is 3.02. The van der Waals surface area contributed by atoms with Crippen LogP contribution in [0.25, 0.3) is 11.3 Å². The summed E-state index contributed by atoms with van der Waals surface area (Å²) in [7, 11) is 2.89. The molecule has 33 heavy (non-hydrogen) atoms. The molecular formula is C23H22F3N3O3S. The number of halogens is 3. The normalized spacial score (nSPS) is 12.2. The molecule has 1 heterocycles. The average Bonchev–Trinajstić information content (AvgIpc) is 2.82. The summed E-state index contributed by atoms with van der Waals surface area (Å²) in [6, 6.07) is 14.7. The lowest BCUT2D eigenvalue weighted by molar-refractivity contribution is -0.141. The van der Waals surface area contributed by atoms with Crippen LogP contribution in [0.15, 0.2) is 59.8 Å². The summed E-state index contributed by atoms with van der Waals surface area (Å²) in [5.41, 5.74) is 0.271. The van der Waals surface area contributed by atoms with Crippen molar-refractivity contribution >= 4 is 17.7 Å². The van der Waals surface area contributed by atoms with Gasteiger partial charge in [-0.3, -0.25) is 4.79 Å². The Morgan fingerprint density at radius 3 is 2.36 bits per heavy atom. The minimum Gasteiger partial charge on any atom is -0.493 e. The number of carbonyl (C=O) groups excluding carboxylic acids is 1. The van der Waals surface area contributed by atoms with Gasteiger partial charge in [0.05, 0.1) is 31.7 Å². The van der Waals surface area contributed by atoms with Crippen LogP contribution >= 0.6 is 11.8 Å². The maximum absolute atomic E-state index is 13.5. The van der Waals surface area contributed by atoms with Gasteiger partial charge in [-0.15, -0.1) is 0 Å². The van der Waals surface area contributed by atoms with Crippen molar-refractivity contribution in [2.45, 2.75) is 24.3 Å². The quantitative estimate of drug-likeness (QED) is 0.357. The largest absolute Gasteiger partial charge is 0.493 e. The first-order chi connectivity index (χ1) is 15.7. The van der Waals surface area contributed by atoms with Crippen LogP contribution in [0.4, 0.5) is 13.2 Å². The summed E-state index contributed by atoms with van der Waals surface area (Å²) < 4.78 is 50.8. The number of hydrogen-bond acceptors (Lipinski definition) is 6. The van der Waals surface area contributed by atoms with Crippen LogP contribution in [0.1, 0.15) is 24.2 Å². The Labute approximate surface area is 193 Å². The number of thioether (sulfide) groups is 1. The molecule has 0 fully saturated rings. The van der Waals surface area contributed by atoms with Crippen LogP contribution in [0.5, 0.6) is 11.5 Å². The van der Waals surface area contributed by atoms with E-state index in [0.717, 1.165) is 23.4 Å². The van der Waals surface area contributed by atoms with E-state index in [1.807, 2.05) is 37.3 Å². The fraction of sp³-hybridized carbons (Fsp3) is 0.261. The van der Waals surface area contributed by atoms with Gasteiger partial charge in [0.15, 0.2) is 16.7 Å². The maximum atomic E-state index is 13.5. The second-order valence-electron chi connectivity index (χ2n) is 6.98. The smallest absolute Gasteiger partial charge is 0.433 e. The number of rotatable bonds is 8. The molecule has 0 saturated carbocycles. The molecule has 174 valence electrons. The van der Waals surface area contributed by atoms with E-state index >= 15 is 0 Å². The van der Waals surface area contributed by atoms with Crippen molar-refractivity contribution in [2.75, 3.05) is 20.0 Å². The summed E-state index contributed by atoms with van der Waals surface area (Å²) in [4.78, 5) is 20.2. The predicted molar refractivity (Wildman–Crippen MR) is 119 cm³/mol. The number of carbonyl (C=O) groups is 1. The molecule has 1 atom stereocenters. The highest BCUT2D eigenvalue weighted by molar-refractivity contribution is 7.99. The second kappa shape index (κ2) is 10.6. The Kier molecular flexibility index (Phi) is 7.80. The van der Waals surface area contributed by atoms with E-state index in [9.17, 15) is 18.0 Å². The Morgan fingerprint density at radius 2 is 1.73 bits per heavy atom. The lowest BCUT2D eigenvalue weighted by Gasteiger charge is -2.14. The highest BCUT2D eigenvalue weighted by Gasteiger charge is 2.34. The number of aromatic nitrogens is 2. The number of methoxy groups -OCH3 is 2. The SMILES string of the molecule is COc1ccc(-c2cc(C(F)(F)F)nc(SCC(=O)N[C@@H](C)c3ccccc3)n2)cc1OC. The minimum absolute atomic E-state index is 0.0545. The number of nitrogens with zero attached hydrogens (tertiary/aromatic N) is 2. The minimum atomic E-state index is -4.67. The van der Waals surface area contributed by atoms with Crippen LogP contribution < -0.4 is 14.8 Å². The molecule has 0 aliphatic heterocycles. The van der Waals surface area contributed by atoms with E-state index in [1.165, 1.54) is 20.3 Å². The third-order valence-electron chi connectivity index (χ3n) is 4.68. The molecule has 1 aromatic heterocycles. The Hall–Kier alpha value is -3.27. The van der Waals surface area contributed by atoms with Gasteiger partial charge in [0.25, 0.3) is 0 Å². The van der Waals surface area contributed by atoms with Crippen molar-refractivity contribution in [2.24, 2.45) is 0 Å². The Balaban J connectivity index is 1.81. The Bertz CT molecular complexity index is 1110. The fourth-order valence-corrected chi connectivity index (χ4v) is 3.69. The molecule has 0 aliphatic carbocycles. The summed E-state index contributed by atoms with van der Waals surface area (Å²) in [5.74, 6) is 0.310. The van der Waals surface area contributed by atoms with Crippen LogP contribution in [-0.2, 0) is 11.0 Å². The summed E-state index contributed by atoms with van der Waals surface area (Å²) >= 11 is 0.832. The molecule has 1 N–H and O–H groups in total. The van der Waals surface area contributed by atoms with E-state index < -0.39 is 11.9 Å². The molecule has 0 saturated heterocycles. The molecule has 3 rings (SSSR count). The van der Waals surface area contributed by atoms with Crippen molar-refractivity contribution in [1.29, 1.82) is 0 Å². The van der Waals surface area contributed by atoms with E-state index in [0.29, 0.717) is 17.1 Å². The summed E-state index contributed by atoms with van der Waals surface area (Å²) in [6.07, 6.45) is -4.67. The maximum Gasteiger partial charge on any atom is 0.433 e. The van der Waals surface area contributed by atoms with Crippen molar-refractivity contribution < 1.29 is 27.4 Å². The van der Waals surface area contributed by atoms with Gasteiger partial charge in [-0.25, -0.2) is 9.97 Å². The first-order valence-electron chi connectivity index (χ1n) is 9.87. The third kappa shape index (κ3) is 6.38. The van der Waals surface area contributed by atoms with Crippen molar-refractivity contribution in [1.82, 2.24) is 15.3 Å². The van der Waals surface area contributed by atoms with Gasteiger partial charge in [0.1, 0.15) is 5.69 Å². The lowest BCUT2D eigenvalue weighted by atomic mass is 10.1. The highest BCUT2D eigenvalue weighted by atomic mass is 32.2. The number of nitrogens with one attached hydrogen (secondary N) is 1. The summed E-state index contributed by atoms with van der Waals surface area (Å²) in [6.45, 7) is 1.83. The first kappa shape index (κ1) is 24.4. The van der Waals surface area contributed by atoms with Crippen LogP contribution in [0.2, 0.25) is 0 Å². The van der Waals surface area contributed by atoms with Crippen molar-refractivity contribution in [3.05, 3.63) is 65.9 Å².